The lowest BCUT2D eigenvalue weighted by atomic mass is 9.77. The molecule has 8 heteroatoms. The van der Waals surface area contributed by atoms with E-state index in [0.29, 0.717) is 25.5 Å². The number of likely N-dealkylation sites (N-methyl/N-ethyl adjacent to an activating group) is 1. The van der Waals surface area contributed by atoms with E-state index in [-0.39, 0.29) is 22.5 Å². The molecule has 7 nitrogen and oxygen atoms in total. The maximum atomic E-state index is 13.3. The zero-order valence-electron chi connectivity index (χ0n) is 26.1. The van der Waals surface area contributed by atoms with Crippen molar-refractivity contribution in [2.45, 2.75) is 91.2 Å². The maximum absolute atomic E-state index is 13.3. The van der Waals surface area contributed by atoms with Gasteiger partial charge in [0.15, 0.2) is 11.5 Å². The molecule has 2 aromatic carbocycles. The number of rotatable bonds is 14. The largest absolute Gasteiger partial charge is 0.492 e. The summed E-state index contributed by atoms with van der Waals surface area (Å²) in [5, 5.41) is 0. The van der Waals surface area contributed by atoms with Gasteiger partial charge in [-0.05, 0) is 102 Å². The fraction of sp³-hybridized carbons (Fsp3) is 0.613. The normalized spacial score (nSPS) is 15.2. The third kappa shape index (κ3) is 6.90. The van der Waals surface area contributed by atoms with Crippen LogP contribution in [0.2, 0.25) is 0 Å². The third-order valence-corrected chi connectivity index (χ3v) is 10.2. The molecule has 0 fully saturated rings. The first kappa shape index (κ1) is 32.9. The molecule has 3 atom stereocenters. The van der Waals surface area contributed by atoms with Crippen LogP contribution in [0.15, 0.2) is 29.2 Å². The van der Waals surface area contributed by atoms with Gasteiger partial charge in [-0.2, -0.15) is 0 Å². The lowest BCUT2D eigenvalue weighted by molar-refractivity contribution is 0.0610. The molecule has 2 unspecified atom stereocenters. The molecule has 220 valence electrons. The fourth-order valence-electron chi connectivity index (χ4n) is 5.18. The highest BCUT2D eigenvalue weighted by atomic mass is 32.2. The first-order valence-corrected chi connectivity index (χ1v) is 15.4. The summed E-state index contributed by atoms with van der Waals surface area (Å²) in [7, 11) is 1.53. The van der Waals surface area contributed by atoms with Crippen molar-refractivity contribution in [2.75, 3.05) is 40.9 Å². The second kappa shape index (κ2) is 13.4. The van der Waals surface area contributed by atoms with Gasteiger partial charge in [-0.1, -0.05) is 26.0 Å². The van der Waals surface area contributed by atoms with Crippen molar-refractivity contribution in [3.63, 3.8) is 0 Å². The number of benzene rings is 2. The predicted octanol–water partition coefficient (Wildman–Crippen LogP) is 6.33. The molecule has 0 spiro atoms. The standard InChI is InChI=1S/C31H50N2O5S/c1-13-31(9,33(12)20-22(5)38-29-23(6)21(4)16-18-27(29)36-14-2)25(8)26-17-19-28(37-15-3)30(24(26)7)39(34,35)32(10)11/h16-19,22,25H,13-15,20H2,1-12H3/t22?,25?,31-/m1/s1. The number of sulfonamides is 1. The summed E-state index contributed by atoms with van der Waals surface area (Å²) in [5.41, 5.74) is 3.71. The quantitative estimate of drug-likeness (QED) is 0.268. The van der Waals surface area contributed by atoms with Gasteiger partial charge in [0.25, 0.3) is 0 Å². The summed E-state index contributed by atoms with van der Waals surface area (Å²) in [4.78, 5) is 2.58. The smallest absolute Gasteiger partial charge is 0.246 e. The number of hydrogen-bond donors (Lipinski definition) is 0. The Morgan fingerprint density at radius 3 is 1.97 bits per heavy atom. The van der Waals surface area contributed by atoms with Gasteiger partial charge in [0.05, 0.1) is 13.2 Å². The molecular weight excluding hydrogens is 512 g/mol. The van der Waals surface area contributed by atoms with Crippen molar-refractivity contribution in [2.24, 2.45) is 0 Å². The van der Waals surface area contributed by atoms with Crippen molar-refractivity contribution in [3.05, 3.63) is 46.5 Å². The highest BCUT2D eigenvalue weighted by Gasteiger charge is 2.38. The highest BCUT2D eigenvalue weighted by molar-refractivity contribution is 7.89. The van der Waals surface area contributed by atoms with Crippen LogP contribution in [-0.4, -0.2) is 70.2 Å². The number of aryl methyl sites for hydroxylation is 1. The third-order valence-electron chi connectivity index (χ3n) is 8.23. The Morgan fingerprint density at radius 2 is 1.44 bits per heavy atom. The van der Waals surface area contributed by atoms with Gasteiger partial charge in [0.2, 0.25) is 10.0 Å². The SMILES string of the molecule is CCOc1ccc(C)c(C)c1OC(C)CN(C)[C@](C)(CC)C(C)c1ccc(OCC)c(S(=O)(=O)N(C)C)c1C. The molecule has 2 rings (SSSR count). The van der Waals surface area contributed by atoms with Crippen molar-refractivity contribution >= 4 is 10.0 Å². The Labute approximate surface area is 237 Å². The average molecular weight is 563 g/mol. The number of hydrogen-bond acceptors (Lipinski definition) is 6. The molecule has 39 heavy (non-hydrogen) atoms. The van der Waals surface area contributed by atoms with E-state index in [0.717, 1.165) is 40.2 Å². The lowest BCUT2D eigenvalue weighted by Crippen LogP contribution is -2.50. The topological polar surface area (TPSA) is 68.3 Å². The first-order chi connectivity index (χ1) is 18.2. The van der Waals surface area contributed by atoms with Crippen LogP contribution >= 0.6 is 0 Å². The molecule has 0 heterocycles. The summed E-state index contributed by atoms with van der Waals surface area (Å²) in [6.45, 7) is 20.2. The van der Waals surface area contributed by atoms with E-state index < -0.39 is 10.0 Å². The van der Waals surface area contributed by atoms with Gasteiger partial charge >= 0.3 is 0 Å². The van der Waals surface area contributed by atoms with Crippen LogP contribution in [0.1, 0.15) is 76.1 Å². The maximum Gasteiger partial charge on any atom is 0.246 e. The van der Waals surface area contributed by atoms with E-state index in [1.165, 1.54) is 4.31 Å². The van der Waals surface area contributed by atoms with Crippen LogP contribution in [0.4, 0.5) is 0 Å². The van der Waals surface area contributed by atoms with E-state index in [4.69, 9.17) is 14.2 Å². The molecule has 0 radical (unpaired) electrons. The van der Waals surface area contributed by atoms with Crippen molar-refractivity contribution < 1.29 is 22.6 Å². The van der Waals surface area contributed by atoms with Gasteiger partial charge in [-0.25, -0.2) is 12.7 Å². The van der Waals surface area contributed by atoms with E-state index in [1.807, 2.05) is 32.9 Å². The molecule has 2 aromatic rings. The van der Waals surface area contributed by atoms with E-state index in [9.17, 15) is 8.42 Å². The summed E-state index contributed by atoms with van der Waals surface area (Å²) in [6.07, 6.45) is 0.770. The molecule has 0 amide bonds. The molecular formula is C31H50N2O5S. The van der Waals surface area contributed by atoms with E-state index in [2.05, 4.69) is 59.6 Å². The summed E-state index contributed by atoms with van der Waals surface area (Å²) in [5.74, 6) is 1.99. The van der Waals surface area contributed by atoms with Gasteiger partial charge in [-0.3, -0.25) is 4.90 Å². The second-order valence-electron chi connectivity index (χ2n) is 10.8. The molecule has 0 aliphatic heterocycles. The molecule has 0 bridgehead atoms. The molecule has 0 N–H and O–H groups in total. The van der Waals surface area contributed by atoms with Crippen LogP contribution in [0.25, 0.3) is 0 Å². The lowest BCUT2D eigenvalue weighted by Gasteiger charge is -2.45. The number of nitrogens with zero attached hydrogens (tertiary/aromatic N) is 2. The van der Waals surface area contributed by atoms with Crippen LogP contribution < -0.4 is 14.2 Å². The van der Waals surface area contributed by atoms with Crippen molar-refractivity contribution in [3.8, 4) is 17.2 Å². The Bertz CT molecular complexity index is 1230. The summed E-state index contributed by atoms with van der Waals surface area (Å²) in [6, 6.07) is 7.86. The van der Waals surface area contributed by atoms with Crippen LogP contribution in [0.5, 0.6) is 17.2 Å². The average Bonchev–Trinajstić information content (AvgIpc) is 2.87. The van der Waals surface area contributed by atoms with Crippen LogP contribution in [0, 0.1) is 20.8 Å². The Balaban J connectivity index is 2.43. The van der Waals surface area contributed by atoms with E-state index in [1.54, 1.807) is 20.2 Å². The minimum atomic E-state index is -3.70. The second-order valence-corrected chi connectivity index (χ2v) is 12.9. The molecule has 0 aliphatic carbocycles. The minimum absolute atomic E-state index is 0.0335. The number of ether oxygens (including phenoxy) is 3. The first-order valence-electron chi connectivity index (χ1n) is 14.0. The van der Waals surface area contributed by atoms with Crippen LogP contribution in [0.3, 0.4) is 0 Å². The minimum Gasteiger partial charge on any atom is -0.492 e. The highest BCUT2D eigenvalue weighted by Crippen LogP contribution is 2.41. The fourth-order valence-corrected chi connectivity index (χ4v) is 6.43. The summed E-state index contributed by atoms with van der Waals surface area (Å²) >= 11 is 0. The van der Waals surface area contributed by atoms with Gasteiger partial charge < -0.3 is 14.2 Å². The van der Waals surface area contributed by atoms with E-state index >= 15 is 0 Å². The monoisotopic (exact) mass is 562 g/mol. The van der Waals surface area contributed by atoms with Gasteiger partial charge in [0.1, 0.15) is 16.7 Å². The van der Waals surface area contributed by atoms with Crippen molar-refractivity contribution in [1.29, 1.82) is 0 Å². The van der Waals surface area contributed by atoms with Crippen molar-refractivity contribution in [1.82, 2.24) is 9.21 Å². The molecule has 0 saturated heterocycles. The molecule has 0 saturated carbocycles. The zero-order valence-corrected chi connectivity index (χ0v) is 27.0. The Morgan fingerprint density at radius 1 is 0.872 bits per heavy atom. The predicted molar refractivity (Wildman–Crippen MR) is 160 cm³/mol. The Hall–Kier alpha value is -2.29. The summed E-state index contributed by atoms with van der Waals surface area (Å²) < 4.78 is 46.0. The Kier molecular flexibility index (Phi) is 11.3. The van der Waals surface area contributed by atoms with Gasteiger partial charge in [-0.15, -0.1) is 0 Å². The van der Waals surface area contributed by atoms with Gasteiger partial charge in [0, 0.05) is 26.2 Å². The van der Waals surface area contributed by atoms with Crippen LogP contribution in [-0.2, 0) is 10.0 Å². The molecule has 0 aliphatic rings. The molecule has 0 aromatic heterocycles. The zero-order chi connectivity index (χ0) is 29.7.